The highest BCUT2D eigenvalue weighted by Gasteiger charge is 2.07. The van der Waals surface area contributed by atoms with E-state index in [0.717, 1.165) is 16.9 Å². The second-order valence-corrected chi connectivity index (χ2v) is 4.65. The van der Waals surface area contributed by atoms with Crippen molar-refractivity contribution in [3.8, 4) is 11.8 Å². The molecule has 2 aromatic rings. The topological polar surface area (TPSA) is 45.0 Å². The Kier molecular flexibility index (Phi) is 4.75. The molecule has 2 aromatic carbocycles. The molecule has 2 rings (SSSR count). The van der Waals surface area contributed by atoms with E-state index in [1.807, 2.05) is 42.5 Å². The fourth-order valence-electron chi connectivity index (χ4n) is 2.08. The molecule has 0 spiro atoms. The largest absolute Gasteiger partial charge is 0.497 e. The molecule has 3 nitrogen and oxygen atoms in total. The molecule has 0 fully saturated rings. The first-order valence-electron chi connectivity index (χ1n) is 6.60. The fourth-order valence-corrected chi connectivity index (χ4v) is 2.08. The molecule has 0 unspecified atom stereocenters. The molecule has 0 aliphatic rings. The minimum atomic E-state index is 0.192. The molecule has 0 radical (unpaired) electrons. The molecule has 0 aliphatic carbocycles. The van der Waals surface area contributed by atoms with Gasteiger partial charge in [-0.1, -0.05) is 30.3 Å². The van der Waals surface area contributed by atoms with Gasteiger partial charge in [0, 0.05) is 12.6 Å². The van der Waals surface area contributed by atoms with Crippen LogP contribution in [-0.2, 0) is 6.54 Å². The second-order valence-electron chi connectivity index (χ2n) is 4.65. The summed E-state index contributed by atoms with van der Waals surface area (Å²) in [6.45, 7) is 2.77. The number of hydrogen-bond acceptors (Lipinski definition) is 3. The summed E-state index contributed by atoms with van der Waals surface area (Å²) in [5.74, 6) is 0.855. The zero-order valence-electron chi connectivity index (χ0n) is 11.8. The Bertz CT molecular complexity index is 616. The Labute approximate surface area is 119 Å². The van der Waals surface area contributed by atoms with E-state index in [9.17, 15) is 0 Å². The average Bonchev–Trinajstić information content (AvgIpc) is 2.52. The van der Waals surface area contributed by atoms with Crippen molar-refractivity contribution in [2.45, 2.75) is 19.5 Å². The van der Waals surface area contributed by atoms with E-state index < -0.39 is 0 Å². The maximum absolute atomic E-state index is 9.07. The molecule has 0 amide bonds. The van der Waals surface area contributed by atoms with Gasteiger partial charge in [-0.2, -0.15) is 5.26 Å². The summed E-state index contributed by atoms with van der Waals surface area (Å²) in [4.78, 5) is 0. The Hall–Kier alpha value is -2.31. The van der Waals surface area contributed by atoms with Crippen molar-refractivity contribution in [2.24, 2.45) is 0 Å². The summed E-state index contributed by atoms with van der Waals surface area (Å²) in [7, 11) is 1.67. The lowest BCUT2D eigenvalue weighted by molar-refractivity contribution is 0.413. The zero-order chi connectivity index (χ0) is 14.4. The van der Waals surface area contributed by atoms with Crippen LogP contribution >= 0.6 is 0 Å². The van der Waals surface area contributed by atoms with E-state index in [0.29, 0.717) is 6.54 Å². The van der Waals surface area contributed by atoms with E-state index >= 15 is 0 Å². The van der Waals surface area contributed by atoms with Crippen LogP contribution in [0, 0.1) is 11.3 Å². The summed E-state index contributed by atoms with van der Waals surface area (Å²) >= 11 is 0. The monoisotopic (exact) mass is 266 g/mol. The number of methoxy groups -OCH3 is 1. The molecular formula is C17H18N2O. The van der Waals surface area contributed by atoms with Crippen molar-refractivity contribution in [3.05, 3.63) is 65.2 Å². The van der Waals surface area contributed by atoms with Gasteiger partial charge in [0.15, 0.2) is 0 Å². The van der Waals surface area contributed by atoms with Gasteiger partial charge in [0.2, 0.25) is 0 Å². The Morgan fingerprint density at radius 3 is 2.75 bits per heavy atom. The Morgan fingerprint density at radius 2 is 2.00 bits per heavy atom. The van der Waals surface area contributed by atoms with Gasteiger partial charge in [-0.3, -0.25) is 0 Å². The smallest absolute Gasteiger partial charge is 0.119 e. The maximum Gasteiger partial charge on any atom is 0.119 e. The van der Waals surface area contributed by atoms with Crippen LogP contribution in [0.25, 0.3) is 0 Å². The highest BCUT2D eigenvalue weighted by atomic mass is 16.5. The first-order chi connectivity index (χ1) is 9.74. The van der Waals surface area contributed by atoms with Crippen molar-refractivity contribution in [2.75, 3.05) is 7.11 Å². The van der Waals surface area contributed by atoms with E-state index in [2.05, 4.69) is 24.4 Å². The number of hydrogen-bond donors (Lipinski definition) is 1. The summed E-state index contributed by atoms with van der Waals surface area (Å²) in [6.07, 6.45) is 0. The van der Waals surface area contributed by atoms with E-state index in [4.69, 9.17) is 10.00 Å². The summed E-state index contributed by atoms with van der Waals surface area (Å²) < 4.78 is 5.23. The first kappa shape index (κ1) is 14.1. The zero-order valence-corrected chi connectivity index (χ0v) is 11.8. The third kappa shape index (κ3) is 3.37. The summed E-state index contributed by atoms with van der Waals surface area (Å²) in [5, 5.41) is 12.5. The summed E-state index contributed by atoms with van der Waals surface area (Å²) in [5.41, 5.74) is 2.90. The van der Waals surface area contributed by atoms with Gasteiger partial charge in [-0.15, -0.1) is 0 Å². The predicted octanol–water partition coefficient (Wildman–Crippen LogP) is 3.42. The first-order valence-corrected chi connectivity index (χ1v) is 6.60. The van der Waals surface area contributed by atoms with Crippen LogP contribution < -0.4 is 10.1 Å². The molecule has 3 heteroatoms. The SMILES string of the molecule is COc1cccc([C@H](C)NCc2ccccc2C#N)c1. The molecule has 1 atom stereocenters. The maximum atomic E-state index is 9.07. The lowest BCUT2D eigenvalue weighted by Crippen LogP contribution is -2.18. The van der Waals surface area contributed by atoms with Gasteiger partial charge in [0.05, 0.1) is 18.7 Å². The lowest BCUT2D eigenvalue weighted by Gasteiger charge is -2.15. The third-order valence-electron chi connectivity index (χ3n) is 3.33. The van der Waals surface area contributed by atoms with Crippen LogP contribution in [-0.4, -0.2) is 7.11 Å². The van der Waals surface area contributed by atoms with Gasteiger partial charge in [0.25, 0.3) is 0 Å². The average molecular weight is 266 g/mol. The van der Waals surface area contributed by atoms with E-state index in [1.165, 1.54) is 5.56 Å². The summed E-state index contributed by atoms with van der Waals surface area (Å²) in [6, 6.07) is 18.1. The van der Waals surface area contributed by atoms with Gasteiger partial charge in [-0.05, 0) is 36.2 Å². The number of benzene rings is 2. The highest BCUT2D eigenvalue weighted by Crippen LogP contribution is 2.19. The van der Waals surface area contributed by atoms with Crippen LogP contribution in [0.4, 0.5) is 0 Å². The van der Waals surface area contributed by atoms with Crippen molar-refractivity contribution in [1.82, 2.24) is 5.32 Å². The highest BCUT2D eigenvalue weighted by molar-refractivity contribution is 5.37. The molecule has 102 valence electrons. The minimum absolute atomic E-state index is 0.192. The normalized spacial score (nSPS) is 11.7. The lowest BCUT2D eigenvalue weighted by atomic mass is 10.1. The van der Waals surface area contributed by atoms with Crippen molar-refractivity contribution >= 4 is 0 Å². The van der Waals surface area contributed by atoms with Gasteiger partial charge in [-0.25, -0.2) is 0 Å². The minimum Gasteiger partial charge on any atom is -0.497 e. The van der Waals surface area contributed by atoms with E-state index in [1.54, 1.807) is 7.11 Å². The molecule has 1 N–H and O–H groups in total. The fraction of sp³-hybridized carbons (Fsp3) is 0.235. The van der Waals surface area contributed by atoms with Crippen LogP contribution in [0.5, 0.6) is 5.75 Å². The van der Waals surface area contributed by atoms with Crippen LogP contribution in [0.2, 0.25) is 0 Å². The van der Waals surface area contributed by atoms with Crippen LogP contribution in [0.15, 0.2) is 48.5 Å². The van der Waals surface area contributed by atoms with Crippen LogP contribution in [0.3, 0.4) is 0 Å². The second kappa shape index (κ2) is 6.74. The molecular weight excluding hydrogens is 248 g/mol. The molecule has 0 heterocycles. The Balaban J connectivity index is 2.05. The van der Waals surface area contributed by atoms with E-state index in [-0.39, 0.29) is 6.04 Å². The number of ether oxygens (including phenoxy) is 1. The standard InChI is InChI=1S/C17H18N2O/c1-13(14-8-5-9-17(10-14)20-2)19-12-16-7-4-3-6-15(16)11-18/h3-10,13,19H,12H2,1-2H3/t13-/m0/s1. The number of nitrogens with one attached hydrogen (secondary N) is 1. The van der Waals surface area contributed by atoms with Gasteiger partial charge in [0.1, 0.15) is 5.75 Å². The predicted molar refractivity (Wildman–Crippen MR) is 79.4 cm³/mol. The van der Waals surface area contributed by atoms with Crippen LogP contribution in [0.1, 0.15) is 29.7 Å². The molecule has 0 saturated carbocycles. The molecule has 0 saturated heterocycles. The molecule has 0 aliphatic heterocycles. The number of nitrogens with zero attached hydrogens (tertiary/aromatic N) is 1. The number of rotatable bonds is 5. The van der Waals surface area contributed by atoms with Crippen molar-refractivity contribution in [3.63, 3.8) is 0 Å². The quantitative estimate of drug-likeness (QED) is 0.902. The van der Waals surface area contributed by atoms with Gasteiger partial charge < -0.3 is 10.1 Å². The third-order valence-corrected chi connectivity index (χ3v) is 3.33. The Morgan fingerprint density at radius 1 is 1.20 bits per heavy atom. The van der Waals surface area contributed by atoms with Gasteiger partial charge >= 0.3 is 0 Å². The number of nitriles is 1. The van der Waals surface area contributed by atoms with Crippen molar-refractivity contribution in [1.29, 1.82) is 5.26 Å². The van der Waals surface area contributed by atoms with Crippen molar-refractivity contribution < 1.29 is 4.74 Å². The molecule has 20 heavy (non-hydrogen) atoms. The molecule has 0 aromatic heterocycles. The molecule has 0 bridgehead atoms.